The molecule has 0 fully saturated rings. The summed E-state index contributed by atoms with van der Waals surface area (Å²) in [6, 6.07) is 0. The van der Waals surface area contributed by atoms with Gasteiger partial charge in [-0.15, -0.1) is 0 Å². The predicted molar refractivity (Wildman–Crippen MR) is 62.0 cm³/mol. The van der Waals surface area contributed by atoms with Gasteiger partial charge in [-0.25, -0.2) is 4.79 Å². The topological polar surface area (TPSA) is 66.8 Å². The average molecular weight is 232 g/mol. The maximum absolute atomic E-state index is 11.7. The first kappa shape index (κ1) is 15.4. The van der Waals surface area contributed by atoms with E-state index < -0.39 is 17.7 Å². The van der Waals surface area contributed by atoms with Gasteiger partial charge < -0.3 is 14.9 Å². The smallest absolute Gasteiger partial charge is 0.340 e. The van der Waals surface area contributed by atoms with Crippen molar-refractivity contribution in [2.75, 3.05) is 6.61 Å². The van der Waals surface area contributed by atoms with Crippen LogP contribution in [-0.4, -0.2) is 34.5 Å². The van der Waals surface area contributed by atoms with Gasteiger partial charge in [-0.2, -0.15) is 0 Å². The Bertz CT molecular complexity index is 205. The van der Waals surface area contributed by atoms with Crippen LogP contribution in [0.1, 0.15) is 52.9 Å². The SMILES string of the molecule is CCCCOC(=O)C(O)(CC)C(O)CCC. The van der Waals surface area contributed by atoms with Crippen molar-refractivity contribution in [2.24, 2.45) is 0 Å². The van der Waals surface area contributed by atoms with Gasteiger partial charge in [0.1, 0.15) is 0 Å². The highest BCUT2D eigenvalue weighted by Gasteiger charge is 2.42. The van der Waals surface area contributed by atoms with E-state index in [1.54, 1.807) is 6.92 Å². The van der Waals surface area contributed by atoms with Crippen molar-refractivity contribution in [3.63, 3.8) is 0 Å². The van der Waals surface area contributed by atoms with E-state index in [0.29, 0.717) is 19.4 Å². The molecular weight excluding hydrogens is 208 g/mol. The third kappa shape index (κ3) is 4.10. The van der Waals surface area contributed by atoms with Crippen LogP contribution in [0.25, 0.3) is 0 Å². The molecule has 0 radical (unpaired) electrons. The zero-order chi connectivity index (χ0) is 12.6. The number of carbonyl (C=O) groups is 1. The number of aliphatic hydroxyl groups is 2. The summed E-state index contributed by atoms with van der Waals surface area (Å²) in [6.45, 7) is 5.85. The Morgan fingerprint density at radius 2 is 1.94 bits per heavy atom. The second-order valence-electron chi connectivity index (χ2n) is 4.07. The van der Waals surface area contributed by atoms with E-state index in [1.807, 2.05) is 13.8 Å². The summed E-state index contributed by atoms with van der Waals surface area (Å²) in [7, 11) is 0. The average Bonchev–Trinajstić information content (AvgIpc) is 2.28. The molecule has 16 heavy (non-hydrogen) atoms. The summed E-state index contributed by atoms with van der Waals surface area (Å²) < 4.78 is 4.96. The second-order valence-corrected chi connectivity index (χ2v) is 4.07. The van der Waals surface area contributed by atoms with Gasteiger partial charge >= 0.3 is 5.97 Å². The van der Waals surface area contributed by atoms with Crippen molar-refractivity contribution in [2.45, 2.75) is 64.6 Å². The molecule has 2 N–H and O–H groups in total. The maximum atomic E-state index is 11.7. The summed E-state index contributed by atoms with van der Waals surface area (Å²) in [4.78, 5) is 11.7. The Hall–Kier alpha value is -0.610. The lowest BCUT2D eigenvalue weighted by molar-refractivity contribution is -0.179. The second kappa shape index (κ2) is 7.63. The third-order valence-electron chi connectivity index (χ3n) is 2.74. The van der Waals surface area contributed by atoms with Crippen LogP contribution in [0, 0.1) is 0 Å². The molecule has 0 saturated heterocycles. The predicted octanol–water partition coefficient (Wildman–Crippen LogP) is 1.63. The van der Waals surface area contributed by atoms with Gasteiger partial charge in [0, 0.05) is 0 Å². The highest BCUT2D eigenvalue weighted by molar-refractivity contribution is 5.80. The lowest BCUT2D eigenvalue weighted by Crippen LogP contribution is -2.50. The van der Waals surface area contributed by atoms with Crippen LogP contribution >= 0.6 is 0 Å². The number of esters is 1. The molecule has 0 heterocycles. The van der Waals surface area contributed by atoms with Crippen LogP contribution in [0.5, 0.6) is 0 Å². The molecule has 2 unspecified atom stereocenters. The number of rotatable bonds is 8. The summed E-state index contributed by atoms with van der Waals surface area (Å²) >= 11 is 0. The lowest BCUT2D eigenvalue weighted by atomic mass is 9.91. The third-order valence-corrected chi connectivity index (χ3v) is 2.74. The van der Waals surface area contributed by atoms with Crippen LogP contribution in [0.2, 0.25) is 0 Å². The first-order chi connectivity index (χ1) is 7.52. The molecule has 0 aliphatic heterocycles. The van der Waals surface area contributed by atoms with Gasteiger partial charge in [0.2, 0.25) is 0 Å². The summed E-state index contributed by atoms with van der Waals surface area (Å²) in [5.41, 5.74) is -1.75. The van der Waals surface area contributed by atoms with Crippen molar-refractivity contribution in [3.05, 3.63) is 0 Å². The van der Waals surface area contributed by atoms with Crippen LogP contribution < -0.4 is 0 Å². The number of carbonyl (C=O) groups excluding carboxylic acids is 1. The molecule has 0 aromatic heterocycles. The van der Waals surface area contributed by atoms with E-state index >= 15 is 0 Å². The molecule has 0 saturated carbocycles. The van der Waals surface area contributed by atoms with Gasteiger partial charge in [-0.05, 0) is 19.3 Å². The Labute approximate surface area is 97.6 Å². The molecule has 0 aliphatic carbocycles. The van der Waals surface area contributed by atoms with Crippen LogP contribution in [0.3, 0.4) is 0 Å². The van der Waals surface area contributed by atoms with Gasteiger partial charge in [0.05, 0.1) is 12.7 Å². The van der Waals surface area contributed by atoms with Crippen molar-refractivity contribution in [3.8, 4) is 0 Å². The maximum Gasteiger partial charge on any atom is 0.340 e. The zero-order valence-corrected chi connectivity index (χ0v) is 10.5. The highest BCUT2D eigenvalue weighted by atomic mass is 16.6. The Morgan fingerprint density at radius 1 is 1.31 bits per heavy atom. The minimum Gasteiger partial charge on any atom is -0.463 e. The van der Waals surface area contributed by atoms with E-state index in [9.17, 15) is 15.0 Å². The van der Waals surface area contributed by atoms with Crippen molar-refractivity contribution >= 4 is 5.97 Å². The van der Waals surface area contributed by atoms with E-state index in [-0.39, 0.29) is 6.42 Å². The van der Waals surface area contributed by atoms with Gasteiger partial charge in [-0.1, -0.05) is 33.6 Å². The van der Waals surface area contributed by atoms with Gasteiger partial charge in [0.25, 0.3) is 0 Å². The number of hydrogen-bond acceptors (Lipinski definition) is 4. The van der Waals surface area contributed by atoms with Crippen LogP contribution in [-0.2, 0) is 9.53 Å². The molecule has 0 rings (SSSR count). The van der Waals surface area contributed by atoms with E-state index in [0.717, 1.165) is 12.8 Å². The first-order valence-corrected chi connectivity index (χ1v) is 6.10. The molecule has 0 spiro atoms. The molecule has 0 aromatic carbocycles. The molecule has 0 bridgehead atoms. The molecule has 2 atom stereocenters. The quantitative estimate of drug-likeness (QED) is 0.493. The van der Waals surface area contributed by atoms with E-state index in [1.165, 1.54) is 0 Å². The zero-order valence-electron chi connectivity index (χ0n) is 10.5. The normalized spacial score (nSPS) is 16.6. The molecule has 96 valence electrons. The minimum absolute atomic E-state index is 0.166. The molecule has 0 aromatic rings. The van der Waals surface area contributed by atoms with Crippen LogP contribution in [0.4, 0.5) is 0 Å². The molecular formula is C12H24O4. The summed E-state index contributed by atoms with van der Waals surface area (Å²) in [5.74, 6) is -0.704. The van der Waals surface area contributed by atoms with E-state index in [4.69, 9.17) is 4.74 Å². The monoisotopic (exact) mass is 232 g/mol. The summed E-state index contributed by atoms with van der Waals surface area (Å²) in [6.07, 6.45) is 1.93. The molecule has 0 aliphatic rings. The van der Waals surface area contributed by atoms with Gasteiger partial charge in [-0.3, -0.25) is 0 Å². The fourth-order valence-electron chi connectivity index (χ4n) is 1.46. The number of aliphatic hydroxyl groups excluding tert-OH is 1. The highest BCUT2D eigenvalue weighted by Crippen LogP contribution is 2.21. The number of hydrogen-bond donors (Lipinski definition) is 2. The van der Waals surface area contributed by atoms with Crippen molar-refractivity contribution in [1.82, 2.24) is 0 Å². The van der Waals surface area contributed by atoms with Gasteiger partial charge in [0.15, 0.2) is 5.60 Å². The largest absolute Gasteiger partial charge is 0.463 e. The molecule has 4 nitrogen and oxygen atoms in total. The minimum atomic E-state index is -1.75. The standard InChI is InChI=1S/C12H24O4/c1-4-7-9-16-11(14)12(15,6-3)10(13)8-5-2/h10,13,15H,4-9H2,1-3H3. The molecule has 4 heteroatoms. The summed E-state index contributed by atoms with van der Waals surface area (Å²) in [5, 5.41) is 19.8. The fraction of sp³-hybridized carbons (Fsp3) is 0.917. The Kier molecular flexibility index (Phi) is 7.34. The molecule has 0 amide bonds. The van der Waals surface area contributed by atoms with Crippen molar-refractivity contribution < 1.29 is 19.7 Å². The fourth-order valence-corrected chi connectivity index (χ4v) is 1.46. The number of ether oxygens (including phenoxy) is 1. The van der Waals surface area contributed by atoms with Crippen molar-refractivity contribution in [1.29, 1.82) is 0 Å². The van der Waals surface area contributed by atoms with E-state index in [2.05, 4.69) is 0 Å². The van der Waals surface area contributed by atoms with Crippen LogP contribution in [0.15, 0.2) is 0 Å². The Balaban J connectivity index is 4.36. The number of unbranched alkanes of at least 4 members (excludes halogenated alkanes) is 1. The first-order valence-electron chi connectivity index (χ1n) is 6.10. The lowest BCUT2D eigenvalue weighted by Gasteiger charge is -2.29. The Morgan fingerprint density at radius 3 is 2.38 bits per heavy atom.